The predicted molar refractivity (Wildman–Crippen MR) is 85.3 cm³/mol. The molecular formula is C16H8ClF5N2O2. The lowest BCUT2D eigenvalue weighted by Crippen LogP contribution is -2.23. The SMILES string of the molecule is Cc1c(-c2cc(Cl)c(F)cc2F)c(C(F)(F)F)cc2c(=O)[nH]c(=O)[nH]c12. The maximum atomic E-state index is 14.2. The van der Waals surface area contributed by atoms with Gasteiger partial charge in [-0.25, -0.2) is 13.6 Å². The average Bonchev–Trinajstić information content (AvgIpc) is 2.51. The van der Waals surface area contributed by atoms with Crippen LogP contribution in [0.25, 0.3) is 22.0 Å². The van der Waals surface area contributed by atoms with Crippen molar-refractivity contribution in [2.45, 2.75) is 13.1 Å². The van der Waals surface area contributed by atoms with Crippen molar-refractivity contribution in [3.63, 3.8) is 0 Å². The van der Waals surface area contributed by atoms with Crippen molar-refractivity contribution in [1.82, 2.24) is 9.97 Å². The molecule has 26 heavy (non-hydrogen) atoms. The molecule has 2 aromatic carbocycles. The van der Waals surface area contributed by atoms with E-state index >= 15 is 0 Å². The van der Waals surface area contributed by atoms with Crippen LogP contribution < -0.4 is 11.2 Å². The zero-order valence-electron chi connectivity index (χ0n) is 12.8. The first kappa shape index (κ1) is 18.1. The van der Waals surface area contributed by atoms with Gasteiger partial charge < -0.3 is 4.98 Å². The molecule has 0 bridgehead atoms. The standard InChI is InChI=1S/C16H8ClF5N2O2/c1-5-12(6-3-9(17)11(19)4-10(6)18)8(16(20,21)22)2-7-13(5)23-15(26)24-14(7)25/h2-4H,1H3,(H2,23,24,25,26). The summed E-state index contributed by atoms with van der Waals surface area (Å²) in [5, 5.41) is -1.000. The molecule has 0 aliphatic heterocycles. The Hall–Kier alpha value is -2.68. The van der Waals surface area contributed by atoms with E-state index in [2.05, 4.69) is 4.98 Å². The molecule has 3 rings (SSSR count). The van der Waals surface area contributed by atoms with Gasteiger partial charge >= 0.3 is 11.9 Å². The van der Waals surface area contributed by atoms with Crippen LogP contribution in [0, 0.1) is 18.6 Å². The van der Waals surface area contributed by atoms with Crippen LogP contribution in [0.3, 0.4) is 0 Å². The minimum absolute atomic E-state index is 0.193. The van der Waals surface area contributed by atoms with Gasteiger partial charge in [0.05, 0.1) is 21.5 Å². The number of halogens is 6. The highest BCUT2D eigenvalue weighted by atomic mass is 35.5. The summed E-state index contributed by atoms with van der Waals surface area (Å²) in [6, 6.07) is 1.59. The van der Waals surface area contributed by atoms with Gasteiger partial charge in [-0.2, -0.15) is 13.2 Å². The van der Waals surface area contributed by atoms with E-state index in [1.54, 1.807) is 0 Å². The molecule has 4 nitrogen and oxygen atoms in total. The van der Waals surface area contributed by atoms with Gasteiger partial charge in [-0.05, 0) is 24.6 Å². The third-order valence-corrected chi connectivity index (χ3v) is 4.16. The number of hydrogen-bond donors (Lipinski definition) is 2. The topological polar surface area (TPSA) is 65.7 Å². The van der Waals surface area contributed by atoms with Crippen LogP contribution in [0.15, 0.2) is 27.8 Å². The number of hydrogen-bond acceptors (Lipinski definition) is 2. The van der Waals surface area contributed by atoms with Gasteiger partial charge in [-0.15, -0.1) is 0 Å². The summed E-state index contributed by atoms with van der Waals surface area (Å²) >= 11 is 5.59. The summed E-state index contributed by atoms with van der Waals surface area (Å²) in [5.74, 6) is -2.41. The molecule has 0 atom stereocenters. The van der Waals surface area contributed by atoms with E-state index in [0.717, 1.165) is 6.07 Å². The van der Waals surface area contributed by atoms with Crippen molar-refractivity contribution >= 4 is 22.5 Å². The number of fused-ring (bicyclic) bond motifs is 1. The first-order valence-corrected chi connectivity index (χ1v) is 7.40. The maximum Gasteiger partial charge on any atom is 0.417 e. The molecule has 0 saturated heterocycles. The molecule has 0 saturated carbocycles. The number of benzene rings is 2. The molecule has 10 heteroatoms. The minimum atomic E-state index is -4.95. The van der Waals surface area contributed by atoms with Crippen LogP contribution in [0.5, 0.6) is 0 Å². The lowest BCUT2D eigenvalue weighted by molar-refractivity contribution is -0.137. The van der Waals surface area contributed by atoms with E-state index in [1.807, 2.05) is 4.98 Å². The molecule has 0 radical (unpaired) electrons. The van der Waals surface area contributed by atoms with Crippen LogP contribution in [-0.4, -0.2) is 9.97 Å². The molecule has 0 spiro atoms. The number of rotatable bonds is 1. The van der Waals surface area contributed by atoms with Gasteiger partial charge in [0.2, 0.25) is 0 Å². The van der Waals surface area contributed by atoms with Crippen molar-refractivity contribution in [2.75, 3.05) is 0 Å². The van der Waals surface area contributed by atoms with Crippen LogP contribution in [-0.2, 0) is 6.18 Å². The van der Waals surface area contributed by atoms with E-state index < -0.39 is 56.2 Å². The molecule has 0 amide bonds. The molecular weight excluding hydrogens is 383 g/mol. The Kier molecular flexibility index (Phi) is 4.14. The number of alkyl halides is 3. The zero-order valence-corrected chi connectivity index (χ0v) is 13.6. The Balaban J connectivity index is 2.56. The highest BCUT2D eigenvalue weighted by Crippen LogP contribution is 2.42. The summed E-state index contributed by atoms with van der Waals surface area (Å²) in [6.07, 6.45) is -4.95. The maximum absolute atomic E-state index is 14.2. The van der Waals surface area contributed by atoms with Gasteiger partial charge in [0.15, 0.2) is 0 Å². The van der Waals surface area contributed by atoms with Crippen molar-refractivity contribution in [2.24, 2.45) is 0 Å². The second-order valence-corrected chi connectivity index (χ2v) is 5.91. The van der Waals surface area contributed by atoms with Gasteiger partial charge in [-0.1, -0.05) is 11.6 Å². The summed E-state index contributed by atoms with van der Waals surface area (Å²) in [6.45, 7) is 1.18. The minimum Gasteiger partial charge on any atom is -0.307 e. The number of nitrogens with one attached hydrogen (secondary N) is 2. The van der Waals surface area contributed by atoms with E-state index in [9.17, 15) is 31.5 Å². The molecule has 0 fully saturated rings. The monoisotopic (exact) mass is 390 g/mol. The molecule has 0 aliphatic carbocycles. The second kappa shape index (κ2) is 5.94. The van der Waals surface area contributed by atoms with E-state index in [4.69, 9.17) is 11.6 Å². The largest absolute Gasteiger partial charge is 0.417 e. The predicted octanol–water partition coefficient (Wildman–Crippen LogP) is 4.14. The normalized spacial score (nSPS) is 12.0. The molecule has 1 heterocycles. The smallest absolute Gasteiger partial charge is 0.307 e. The quantitative estimate of drug-likeness (QED) is 0.484. The Morgan fingerprint density at radius 1 is 1.00 bits per heavy atom. The van der Waals surface area contributed by atoms with E-state index in [-0.39, 0.29) is 11.1 Å². The molecule has 1 aromatic heterocycles. The van der Waals surface area contributed by atoms with E-state index in [0.29, 0.717) is 12.1 Å². The van der Waals surface area contributed by atoms with Gasteiger partial charge in [-0.3, -0.25) is 9.78 Å². The van der Waals surface area contributed by atoms with Crippen LogP contribution >= 0.6 is 11.6 Å². The summed E-state index contributed by atoms with van der Waals surface area (Å²) in [5.41, 5.74) is -4.94. The zero-order chi connectivity index (χ0) is 19.4. The Morgan fingerprint density at radius 3 is 2.27 bits per heavy atom. The molecule has 0 aliphatic rings. The van der Waals surface area contributed by atoms with Gasteiger partial charge in [0, 0.05) is 17.2 Å². The Morgan fingerprint density at radius 2 is 1.65 bits per heavy atom. The fraction of sp³-hybridized carbons (Fsp3) is 0.125. The molecule has 136 valence electrons. The van der Waals surface area contributed by atoms with Crippen molar-refractivity contribution in [3.8, 4) is 11.1 Å². The summed E-state index contributed by atoms with van der Waals surface area (Å²) < 4.78 is 68.3. The molecule has 2 N–H and O–H groups in total. The second-order valence-electron chi connectivity index (χ2n) is 5.50. The Bertz CT molecular complexity index is 1160. The average molecular weight is 391 g/mol. The van der Waals surface area contributed by atoms with Crippen molar-refractivity contribution < 1.29 is 22.0 Å². The van der Waals surface area contributed by atoms with Crippen LogP contribution in [0.2, 0.25) is 5.02 Å². The highest BCUT2D eigenvalue weighted by Gasteiger charge is 2.36. The van der Waals surface area contributed by atoms with Crippen molar-refractivity contribution in [1.29, 1.82) is 0 Å². The summed E-state index contributed by atoms with van der Waals surface area (Å²) in [7, 11) is 0. The Labute approximate surface area is 146 Å². The third kappa shape index (κ3) is 2.88. The van der Waals surface area contributed by atoms with E-state index in [1.165, 1.54) is 6.92 Å². The highest BCUT2D eigenvalue weighted by molar-refractivity contribution is 6.31. The number of H-pyrrole nitrogens is 2. The molecule has 3 aromatic rings. The fourth-order valence-corrected chi connectivity index (χ4v) is 2.92. The summed E-state index contributed by atoms with van der Waals surface area (Å²) in [4.78, 5) is 27.4. The fourth-order valence-electron chi connectivity index (χ4n) is 2.76. The first-order chi connectivity index (χ1) is 12.0. The van der Waals surface area contributed by atoms with Gasteiger partial charge in [0.1, 0.15) is 11.6 Å². The lowest BCUT2D eigenvalue weighted by atomic mass is 9.92. The number of aromatic nitrogens is 2. The first-order valence-electron chi connectivity index (χ1n) is 7.02. The number of aryl methyl sites for hydroxylation is 1. The third-order valence-electron chi connectivity index (χ3n) is 3.87. The number of aromatic amines is 2. The lowest BCUT2D eigenvalue weighted by Gasteiger charge is -2.18. The van der Waals surface area contributed by atoms with Crippen LogP contribution in [0.1, 0.15) is 11.1 Å². The van der Waals surface area contributed by atoms with Crippen LogP contribution in [0.4, 0.5) is 22.0 Å². The van der Waals surface area contributed by atoms with Crippen molar-refractivity contribution in [3.05, 3.63) is 66.8 Å². The molecule has 0 unspecified atom stereocenters. The van der Waals surface area contributed by atoms with Gasteiger partial charge in [0.25, 0.3) is 5.56 Å².